The van der Waals surface area contributed by atoms with Gasteiger partial charge in [-0.05, 0) is 36.7 Å². The van der Waals surface area contributed by atoms with Gasteiger partial charge in [-0.1, -0.05) is 0 Å². The van der Waals surface area contributed by atoms with Crippen molar-refractivity contribution in [1.29, 1.82) is 0 Å². The van der Waals surface area contributed by atoms with Crippen molar-refractivity contribution in [2.24, 2.45) is 0 Å². The van der Waals surface area contributed by atoms with Gasteiger partial charge in [0.1, 0.15) is 5.69 Å². The van der Waals surface area contributed by atoms with Crippen LogP contribution in [-0.2, 0) is 9.53 Å². The lowest BCUT2D eigenvalue weighted by molar-refractivity contribution is -0.137. The van der Waals surface area contributed by atoms with Crippen LogP contribution in [-0.4, -0.2) is 28.1 Å². The molecule has 0 aliphatic rings. The van der Waals surface area contributed by atoms with Crippen molar-refractivity contribution in [2.75, 3.05) is 6.61 Å². The minimum atomic E-state index is -0.856. The number of hydrogen-bond acceptors (Lipinski definition) is 4. The van der Waals surface area contributed by atoms with E-state index in [-0.39, 0.29) is 18.3 Å². The minimum Gasteiger partial charge on any atom is -0.460 e. The maximum Gasteiger partial charge on any atom is 0.381 e. The monoisotopic (exact) mass is 288 g/mol. The average molecular weight is 289 g/mol. The molecule has 0 radical (unpaired) electrons. The van der Waals surface area contributed by atoms with Crippen molar-refractivity contribution in [1.82, 2.24) is 9.78 Å². The van der Waals surface area contributed by atoms with Gasteiger partial charge in [0.25, 0.3) is 5.78 Å². The van der Waals surface area contributed by atoms with E-state index in [2.05, 4.69) is 25.8 Å². The predicted octanol–water partition coefficient (Wildman–Crippen LogP) is 1.97. The van der Waals surface area contributed by atoms with Gasteiger partial charge in [-0.25, -0.2) is 4.79 Å². The standard InChI is InChI=1S/C10H13BrN2O3/c1-4-16-10(15)9(14)8-7(11)5-12-13(8)6(2)3/h5-6H,4H2,1-3H3. The summed E-state index contributed by atoms with van der Waals surface area (Å²) in [6.07, 6.45) is 1.49. The molecule has 1 heterocycles. The number of rotatable bonds is 4. The van der Waals surface area contributed by atoms with Gasteiger partial charge in [0, 0.05) is 6.04 Å². The molecule has 88 valence electrons. The Morgan fingerprint density at radius 1 is 1.56 bits per heavy atom. The van der Waals surface area contributed by atoms with E-state index in [1.165, 1.54) is 10.9 Å². The lowest BCUT2D eigenvalue weighted by atomic mass is 10.2. The largest absolute Gasteiger partial charge is 0.460 e. The fourth-order valence-electron chi connectivity index (χ4n) is 1.24. The Labute approximate surface area is 102 Å². The smallest absolute Gasteiger partial charge is 0.381 e. The van der Waals surface area contributed by atoms with Crippen molar-refractivity contribution in [3.05, 3.63) is 16.4 Å². The molecule has 1 aromatic heterocycles. The molecule has 0 amide bonds. The summed E-state index contributed by atoms with van der Waals surface area (Å²) in [5.41, 5.74) is 0.230. The van der Waals surface area contributed by atoms with E-state index >= 15 is 0 Å². The summed E-state index contributed by atoms with van der Waals surface area (Å²) in [7, 11) is 0. The first-order valence-corrected chi connectivity index (χ1v) is 5.72. The lowest BCUT2D eigenvalue weighted by Gasteiger charge is -2.09. The second-order valence-corrected chi connectivity index (χ2v) is 4.28. The highest BCUT2D eigenvalue weighted by molar-refractivity contribution is 9.10. The van der Waals surface area contributed by atoms with E-state index < -0.39 is 11.8 Å². The van der Waals surface area contributed by atoms with E-state index in [0.29, 0.717) is 4.47 Å². The van der Waals surface area contributed by atoms with Crippen LogP contribution in [0.5, 0.6) is 0 Å². The highest BCUT2D eigenvalue weighted by Gasteiger charge is 2.25. The molecule has 0 unspecified atom stereocenters. The molecule has 5 nitrogen and oxygen atoms in total. The van der Waals surface area contributed by atoms with Crippen molar-refractivity contribution < 1.29 is 14.3 Å². The van der Waals surface area contributed by atoms with Gasteiger partial charge >= 0.3 is 5.97 Å². The fraction of sp³-hybridized carbons (Fsp3) is 0.500. The van der Waals surface area contributed by atoms with E-state index in [4.69, 9.17) is 0 Å². The predicted molar refractivity (Wildman–Crippen MR) is 61.3 cm³/mol. The maximum absolute atomic E-state index is 11.8. The van der Waals surface area contributed by atoms with Crippen LogP contribution < -0.4 is 0 Å². The van der Waals surface area contributed by atoms with Gasteiger partial charge in [-0.2, -0.15) is 5.10 Å². The van der Waals surface area contributed by atoms with E-state index in [0.717, 1.165) is 0 Å². The van der Waals surface area contributed by atoms with Gasteiger partial charge in [-0.15, -0.1) is 0 Å². The maximum atomic E-state index is 11.8. The van der Waals surface area contributed by atoms with Crippen molar-refractivity contribution >= 4 is 27.7 Å². The Morgan fingerprint density at radius 2 is 2.19 bits per heavy atom. The molecule has 1 rings (SSSR count). The van der Waals surface area contributed by atoms with Crippen molar-refractivity contribution in [3.8, 4) is 0 Å². The van der Waals surface area contributed by atoms with Gasteiger partial charge < -0.3 is 4.74 Å². The first kappa shape index (κ1) is 12.9. The highest BCUT2D eigenvalue weighted by Crippen LogP contribution is 2.20. The molecule has 0 atom stereocenters. The molecule has 6 heteroatoms. The van der Waals surface area contributed by atoms with Crippen LogP contribution >= 0.6 is 15.9 Å². The van der Waals surface area contributed by atoms with Crippen LogP contribution in [0.1, 0.15) is 37.3 Å². The number of aromatic nitrogens is 2. The Kier molecular flexibility index (Phi) is 4.23. The molecule has 0 bridgehead atoms. The summed E-state index contributed by atoms with van der Waals surface area (Å²) in [5, 5.41) is 4.02. The summed E-state index contributed by atoms with van der Waals surface area (Å²) >= 11 is 3.19. The van der Waals surface area contributed by atoms with Gasteiger partial charge in [0.15, 0.2) is 0 Å². The highest BCUT2D eigenvalue weighted by atomic mass is 79.9. The number of halogens is 1. The fourth-order valence-corrected chi connectivity index (χ4v) is 1.69. The number of Topliss-reactive ketones (excluding diaryl/α,β-unsaturated/α-hetero) is 1. The first-order chi connectivity index (χ1) is 7.49. The number of esters is 1. The molecule has 0 fully saturated rings. The molecule has 0 saturated heterocycles. The Morgan fingerprint density at radius 3 is 2.69 bits per heavy atom. The molecule has 0 spiro atoms. The quantitative estimate of drug-likeness (QED) is 0.483. The second kappa shape index (κ2) is 5.25. The molecule has 0 saturated carbocycles. The second-order valence-electron chi connectivity index (χ2n) is 3.43. The Bertz CT molecular complexity index is 412. The van der Waals surface area contributed by atoms with Crippen LogP contribution in [0.15, 0.2) is 10.7 Å². The molecular formula is C10H13BrN2O3. The number of nitrogens with zero attached hydrogens (tertiary/aromatic N) is 2. The van der Waals surface area contributed by atoms with E-state index in [1.54, 1.807) is 6.92 Å². The summed E-state index contributed by atoms with van der Waals surface area (Å²) < 4.78 is 6.66. The molecule has 0 aliphatic carbocycles. The van der Waals surface area contributed by atoms with Gasteiger partial charge in [0.05, 0.1) is 17.3 Å². The third-order valence-electron chi connectivity index (χ3n) is 1.92. The van der Waals surface area contributed by atoms with Crippen molar-refractivity contribution in [3.63, 3.8) is 0 Å². The topological polar surface area (TPSA) is 61.2 Å². The van der Waals surface area contributed by atoms with Gasteiger partial charge in [0.2, 0.25) is 0 Å². The summed E-state index contributed by atoms with van der Waals surface area (Å²) in [6.45, 7) is 5.58. The number of carbonyl (C=O) groups is 2. The molecule has 16 heavy (non-hydrogen) atoms. The Hall–Kier alpha value is -1.17. The summed E-state index contributed by atoms with van der Waals surface area (Å²) in [6, 6.07) is -0.000300. The van der Waals surface area contributed by atoms with Crippen LogP contribution in [0.2, 0.25) is 0 Å². The molecule has 0 N–H and O–H groups in total. The number of hydrogen-bond donors (Lipinski definition) is 0. The summed E-state index contributed by atoms with van der Waals surface area (Å²) in [5.74, 6) is -1.54. The average Bonchev–Trinajstić information content (AvgIpc) is 2.59. The van der Waals surface area contributed by atoms with Crippen LogP contribution in [0.25, 0.3) is 0 Å². The van der Waals surface area contributed by atoms with E-state index in [9.17, 15) is 9.59 Å². The van der Waals surface area contributed by atoms with E-state index in [1.807, 2.05) is 13.8 Å². The molecule has 0 aromatic carbocycles. The van der Waals surface area contributed by atoms with Crippen LogP contribution in [0.4, 0.5) is 0 Å². The zero-order chi connectivity index (χ0) is 12.3. The normalized spacial score (nSPS) is 10.6. The zero-order valence-electron chi connectivity index (χ0n) is 9.36. The third kappa shape index (κ3) is 2.49. The molecule has 0 aliphatic heterocycles. The van der Waals surface area contributed by atoms with Crippen molar-refractivity contribution in [2.45, 2.75) is 26.8 Å². The lowest BCUT2D eigenvalue weighted by Crippen LogP contribution is -2.22. The van der Waals surface area contributed by atoms with Crippen LogP contribution in [0.3, 0.4) is 0 Å². The third-order valence-corrected chi connectivity index (χ3v) is 2.50. The number of carbonyl (C=O) groups excluding carboxylic acids is 2. The first-order valence-electron chi connectivity index (χ1n) is 4.93. The Balaban J connectivity index is 3.07. The number of ketones is 1. The zero-order valence-corrected chi connectivity index (χ0v) is 10.9. The SMILES string of the molecule is CCOC(=O)C(=O)c1c(Br)cnn1C(C)C. The van der Waals surface area contributed by atoms with Crippen LogP contribution in [0, 0.1) is 0 Å². The number of ether oxygens (including phenoxy) is 1. The summed E-state index contributed by atoms with van der Waals surface area (Å²) in [4.78, 5) is 23.1. The minimum absolute atomic E-state index is 0.000300. The molecular weight excluding hydrogens is 276 g/mol. The van der Waals surface area contributed by atoms with Gasteiger partial charge in [-0.3, -0.25) is 9.48 Å². The molecule has 1 aromatic rings.